The number of hydrogen-bond acceptors (Lipinski definition) is 4. The van der Waals surface area contributed by atoms with Gasteiger partial charge in [-0.1, -0.05) is 0 Å². The average molecular weight is 367 g/mol. The van der Waals surface area contributed by atoms with E-state index in [2.05, 4.69) is 15.9 Å². The van der Waals surface area contributed by atoms with Gasteiger partial charge < -0.3 is 4.90 Å². The zero-order chi connectivity index (χ0) is 14.0. The highest BCUT2D eigenvalue weighted by molar-refractivity contribution is 9.11. The summed E-state index contributed by atoms with van der Waals surface area (Å²) in [6.07, 6.45) is 1.88. The highest BCUT2D eigenvalue weighted by Crippen LogP contribution is 2.23. The molecule has 0 saturated carbocycles. The molecule has 0 aromatic carbocycles. The Hall–Kier alpha value is -0.440. The number of carbonyl (C=O) groups excluding carboxylic acids is 1. The van der Waals surface area contributed by atoms with E-state index < -0.39 is 10.0 Å². The molecule has 1 fully saturated rings. The fourth-order valence-electron chi connectivity index (χ4n) is 2.01. The molecule has 19 heavy (non-hydrogen) atoms. The van der Waals surface area contributed by atoms with Crippen molar-refractivity contribution in [2.75, 3.05) is 32.4 Å². The number of nitrogens with zero attached hydrogens (tertiary/aromatic N) is 2. The Balaban J connectivity index is 2.05. The lowest BCUT2D eigenvalue weighted by molar-refractivity contribution is 0.0769. The summed E-state index contributed by atoms with van der Waals surface area (Å²) in [5, 5.41) is 0. The maximum Gasteiger partial charge on any atom is 0.264 e. The van der Waals surface area contributed by atoms with Gasteiger partial charge in [0, 0.05) is 26.2 Å². The number of hydrogen-bond donors (Lipinski definition) is 0. The Morgan fingerprint density at radius 1 is 1.26 bits per heavy atom. The van der Waals surface area contributed by atoms with E-state index in [4.69, 9.17) is 0 Å². The van der Waals surface area contributed by atoms with Gasteiger partial charge in [0.25, 0.3) is 5.91 Å². The molecule has 1 saturated heterocycles. The first-order valence-electron chi connectivity index (χ1n) is 5.87. The van der Waals surface area contributed by atoms with Crippen LogP contribution in [-0.4, -0.2) is 56.0 Å². The Morgan fingerprint density at radius 2 is 2.00 bits per heavy atom. The summed E-state index contributed by atoms with van der Waals surface area (Å²) in [6, 6.07) is 3.63. The van der Waals surface area contributed by atoms with E-state index >= 15 is 0 Å². The van der Waals surface area contributed by atoms with E-state index in [0.29, 0.717) is 37.5 Å². The van der Waals surface area contributed by atoms with Crippen LogP contribution < -0.4 is 0 Å². The number of carbonyl (C=O) groups is 1. The first kappa shape index (κ1) is 15.0. The Labute approximate surface area is 125 Å². The van der Waals surface area contributed by atoms with Crippen LogP contribution in [0.25, 0.3) is 0 Å². The number of thiophene rings is 1. The van der Waals surface area contributed by atoms with Crippen molar-refractivity contribution in [1.82, 2.24) is 9.21 Å². The molecule has 0 unspecified atom stereocenters. The normalized spacial score (nSPS) is 18.3. The monoisotopic (exact) mass is 366 g/mol. The number of halogens is 1. The van der Waals surface area contributed by atoms with Gasteiger partial charge in [-0.2, -0.15) is 0 Å². The van der Waals surface area contributed by atoms with Crippen LogP contribution >= 0.6 is 27.3 Å². The molecule has 0 N–H and O–H groups in total. The lowest BCUT2D eigenvalue weighted by Crippen LogP contribution is -2.36. The molecule has 1 aromatic heterocycles. The molecular weight excluding hydrogens is 352 g/mol. The first-order chi connectivity index (χ1) is 8.88. The molecule has 0 atom stereocenters. The fraction of sp³-hybridized carbons (Fsp3) is 0.545. The van der Waals surface area contributed by atoms with Crippen molar-refractivity contribution in [3.8, 4) is 0 Å². The van der Waals surface area contributed by atoms with Crippen molar-refractivity contribution in [3.63, 3.8) is 0 Å². The summed E-state index contributed by atoms with van der Waals surface area (Å²) >= 11 is 4.73. The Kier molecular flexibility index (Phi) is 4.65. The molecule has 8 heteroatoms. The molecule has 1 aromatic rings. The molecule has 1 aliphatic heterocycles. The minimum absolute atomic E-state index is 0.0222. The second-order valence-corrected chi connectivity index (χ2v) is 8.86. The molecule has 5 nitrogen and oxygen atoms in total. The molecule has 0 bridgehead atoms. The lowest BCUT2D eigenvalue weighted by Gasteiger charge is -2.20. The minimum Gasteiger partial charge on any atom is -0.337 e. The summed E-state index contributed by atoms with van der Waals surface area (Å²) in [4.78, 5) is 14.7. The van der Waals surface area contributed by atoms with Gasteiger partial charge in [-0.3, -0.25) is 4.79 Å². The molecule has 0 aliphatic carbocycles. The third kappa shape index (κ3) is 3.77. The molecule has 2 rings (SSSR count). The average Bonchev–Trinajstić information content (AvgIpc) is 2.62. The molecule has 0 radical (unpaired) electrons. The van der Waals surface area contributed by atoms with Crippen LogP contribution in [0.3, 0.4) is 0 Å². The van der Waals surface area contributed by atoms with E-state index in [-0.39, 0.29) is 5.91 Å². The van der Waals surface area contributed by atoms with Gasteiger partial charge in [0.15, 0.2) is 0 Å². The topological polar surface area (TPSA) is 57.7 Å². The summed E-state index contributed by atoms with van der Waals surface area (Å²) in [6.45, 7) is 1.90. The number of amides is 1. The number of sulfonamides is 1. The summed E-state index contributed by atoms with van der Waals surface area (Å²) in [5.41, 5.74) is 0. The molecule has 0 spiro atoms. The van der Waals surface area contributed by atoms with Crippen molar-refractivity contribution >= 4 is 43.2 Å². The molecule has 1 amide bonds. The third-order valence-electron chi connectivity index (χ3n) is 3.00. The van der Waals surface area contributed by atoms with Crippen LogP contribution in [0.15, 0.2) is 15.9 Å². The molecular formula is C11H15BrN2O3S2. The zero-order valence-corrected chi connectivity index (χ0v) is 13.7. The van der Waals surface area contributed by atoms with Gasteiger partial charge >= 0.3 is 0 Å². The third-order valence-corrected chi connectivity index (χ3v) is 5.91. The predicted octanol–water partition coefficient (Wildman–Crippen LogP) is 1.62. The maximum absolute atomic E-state index is 12.3. The van der Waals surface area contributed by atoms with E-state index in [0.717, 1.165) is 3.79 Å². The van der Waals surface area contributed by atoms with E-state index in [1.807, 2.05) is 6.07 Å². The van der Waals surface area contributed by atoms with Gasteiger partial charge in [-0.15, -0.1) is 11.3 Å². The van der Waals surface area contributed by atoms with Gasteiger partial charge in [0.05, 0.1) is 14.9 Å². The van der Waals surface area contributed by atoms with Crippen LogP contribution in [0.1, 0.15) is 16.1 Å². The maximum atomic E-state index is 12.3. The van der Waals surface area contributed by atoms with Crippen molar-refractivity contribution in [2.45, 2.75) is 6.42 Å². The van der Waals surface area contributed by atoms with Crippen LogP contribution in [0, 0.1) is 0 Å². The zero-order valence-electron chi connectivity index (χ0n) is 10.5. The van der Waals surface area contributed by atoms with Crippen molar-refractivity contribution in [2.24, 2.45) is 0 Å². The van der Waals surface area contributed by atoms with Crippen LogP contribution in [0.4, 0.5) is 0 Å². The smallest absolute Gasteiger partial charge is 0.264 e. The second-order valence-electron chi connectivity index (χ2n) is 4.41. The standard InChI is InChI=1S/C11H15BrN2O3S2/c1-19(16,17)14-6-2-5-13(7-8-14)11(15)9-3-4-10(12)18-9/h3-4H,2,5-8H2,1H3. The van der Waals surface area contributed by atoms with Crippen molar-refractivity contribution in [3.05, 3.63) is 20.8 Å². The van der Waals surface area contributed by atoms with Gasteiger partial charge in [-0.25, -0.2) is 12.7 Å². The minimum atomic E-state index is -3.17. The van der Waals surface area contributed by atoms with Gasteiger partial charge in [0.2, 0.25) is 10.0 Å². The van der Waals surface area contributed by atoms with E-state index in [1.165, 1.54) is 21.9 Å². The highest BCUT2D eigenvalue weighted by Gasteiger charge is 2.24. The largest absolute Gasteiger partial charge is 0.337 e. The highest BCUT2D eigenvalue weighted by atomic mass is 79.9. The van der Waals surface area contributed by atoms with Crippen molar-refractivity contribution < 1.29 is 13.2 Å². The van der Waals surface area contributed by atoms with E-state index in [9.17, 15) is 13.2 Å². The Bertz CT molecular complexity index is 570. The van der Waals surface area contributed by atoms with Gasteiger partial charge in [0.1, 0.15) is 0 Å². The predicted molar refractivity (Wildman–Crippen MR) is 79.0 cm³/mol. The second kappa shape index (κ2) is 5.90. The summed E-state index contributed by atoms with van der Waals surface area (Å²) in [5.74, 6) is -0.0222. The molecule has 2 heterocycles. The Morgan fingerprint density at radius 3 is 2.58 bits per heavy atom. The lowest BCUT2D eigenvalue weighted by atomic mass is 10.3. The summed E-state index contributed by atoms with van der Waals surface area (Å²) in [7, 11) is -3.17. The fourth-order valence-corrected chi connectivity index (χ4v) is 4.24. The van der Waals surface area contributed by atoms with E-state index in [1.54, 1.807) is 11.0 Å². The SMILES string of the molecule is CS(=O)(=O)N1CCCN(C(=O)c2ccc(Br)s2)CC1. The number of rotatable bonds is 2. The van der Waals surface area contributed by atoms with Gasteiger partial charge in [-0.05, 0) is 34.5 Å². The molecule has 106 valence electrons. The van der Waals surface area contributed by atoms with Crippen molar-refractivity contribution in [1.29, 1.82) is 0 Å². The van der Waals surface area contributed by atoms with Crippen LogP contribution in [0.2, 0.25) is 0 Å². The summed E-state index contributed by atoms with van der Waals surface area (Å²) < 4.78 is 25.4. The molecule has 1 aliphatic rings. The van der Waals surface area contributed by atoms with Crippen LogP contribution in [-0.2, 0) is 10.0 Å². The quantitative estimate of drug-likeness (QED) is 0.798. The van der Waals surface area contributed by atoms with Crippen LogP contribution in [0.5, 0.6) is 0 Å². The first-order valence-corrected chi connectivity index (χ1v) is 9.33.